The van der Waals surface area contributed by atoms with Crippen molar-refractivity contribution in [1.29, 1.82) is 0 Å². The topological polar surface area (TPSA) is 59.3 Å². The summed E-state index contributed by atoms with van der Waals surface area (Å²) in [5, 5.41) is 5.09. The molecule has 1 N–H and O–H groups in total. The second-order valence-electron chi connectivity index (χ2n) is 9.07. The Labute approximate surface area is 175 Å². The van der Waals surface area contributed by atoms with Gasteiger partial charge >= 0.3 is 0 Å². The van der Waals surface area contributed by atoms with Gasteiger partial charge in [-0.25, -0.2) is 15.0 Å². The monoisotopic (exact) mass is 408 g/mol. The van der Waals surface area contributed by atoms with E-state index in [1.54, 1.807) is 15.9 Å². The Balaban J connectivity index is 1.92. The molecule has 0 fully saturated rings. The molecule has 4 rings (SSSR count). The van der Waals surface area contributed by atoms with Crippen molar-refractivity contribution >= 4 is 33.2 Å². The third-order valence-electron chi connectivity index (χ3n) is 5.70. The number of hydrazone groups is 1. The smallest absolute Gasteiger partial charge is 0.268 e. The van der Waals surface area contributed by atoms with Crippen molar-refractivity contribution in [2.45, 2.75) is 53.9 Å². The molecule has 1 aliphatic rings. The molecule has 0 saturated carbocycles. The Morgan fingerprint density at radius 2 is 1.97 bits per heavy atom. The molecule has 0 spiro atoms. The van der Waals surface area contributed by atoms with E-state index >= 15 is 0 Å². The number of benzene rings is 1. The lowest BCUT2D eigenvalue weighted by Gasteiger charge is -2.33. The van der Waals surface area contributed by atoms with Gasteiger partial charge in [0, 0.05) is 10.6 Å². The van der Waals surface area contributed by atoms with Crippen molar-refractivity contribution in [1.82, 2.24) is 9.55 Å². The Kier molecular flexibility index (Phi) is 5.07. The van der Waals surface area contributed by atoms with Gasteiger partial charge in [-0.1, -0.05) is 39.0 Å². The van der Waals surface area contributed by atoms with Crippen molar-refractivity contribution in [3.63, 3.8) is 0 Å². The van der Waals surface area contributed by atoms with Gasteiger partial charge in [0.2, 0.25) is 5.95 Å². The molecule has 152 valence electrons. The fourth-order valence-electron chi connectivity index (χ4n) is 4.02. The summed E-state index contributed by atoms with van der Waals surface area (Å²) in [6, 6.07) is 9.66. The Morgan fingerprint density at radius 1 is 1.24 bits per heavy atom. The number of thiophene rings is 1. The van der Waals surface area contributed by atoms with Crippen LogP contribution in [0.15, 0.2) is 40.2 Å². The second kappa shape index (κ2) is 7.41. The zero-order chi connectivity index (χ0) is 20.8. The van der Waals surface area contributed by atoms with Crippen LogP contribution in [-0.2, 0) is 12.8 Å². The minimum atomic E-state index is -0.0145. The van der Waals surface area contributed by atoms with Gasteiger partial charge in [-0.3, -0.25) is 4.79 Å². The number of rotatable bonds is 3. The van der Waals surface area contributed by atoms with Crippen LogP contribution in [0, 0.1) is 11.3 Å². The van der Waals surface area contributed by atoms with E-state index in [0.717, 1.165) is 40.9 Å². The van der Waals surface area contributed by atoms with Gasteiger partial charge < -0.3 is 0 Å². The molecular formula is C23H28N4OS. The zero-order valence-corrected chi connectivity index (χ0v) is 18.6. The lowest BCUT2D eigenvalue weighted by atomic mass is 9.72. The Morgan fingerprint density at radius 3 is 2.62 bits per heavy atom. The summed E-state index contributed by atoms with van der Waals surface area (Å²) in [7, 11) is 0. The SMILES string of the molecule is CC(C)=NNc1nc2sc3c(c2c(=O)n1-c1ccccc1)CC[C@@H](C(C)(C)C)C3. The zero-order valence-electron chi connectivity index (χ0n) is 17.7. The molecule has 0 aliphatic heterocycles. The van der Waals surface area contributed by atoms with Gasteiger partial charge in [-0.15, -0.1) is 11.3 Å². The van der Waals surface area contributed by atoms with E-state index in [0.29, 0.717) is 11.9 Å². The van der Waals surface area contributed by atoms with Crippen LogP contribution in [-0.4, -0.2) is 15.3 Å². The van der Waals surface area contributed by atoms with Crippen molar-refractivity contribution in [2.24, 2.45) is 16.4 Å². The molecule has 0 radical (unpaired) electrons. The van der Waals surface area contributed by atoms with Crippen LogP contribution in [0.25, 0.3) is 15.9 Å². The van der Waals surface area contributed by atoms with E-state index < -0.39 is 0 Å². The van der Waals surface area contributed by atoms with Gasteiger partial charge in [0.25, 0.3) is 5.56 Å². The number of aryl methyl sites for hydroxylation is 1. The van der Waals surface area contributed by atoms with Gasteiger partial charge in [-0.2, -0.15) is 5.10 Å². The lowest BCUT2D eigenvalue weighted by molar-refractivity contribution is 0.218. The van der Waals surface area contributed by atoms with Gasteiger partial charge in [0.05, 0.1) is 11.1 Å². The maximum atomic E-state index is 13.6. The molecule has 1 aromatic carbocycles. The summed E-state index contributed by atoms with van der Waals surface area (Å²) in [5.41, 5.74) is 6.13. The minimum absolute atomic E-state index is 0.0145. The lowest BCUT2D eigenvalue weighted by Crippen LogP contribution is -2.27. The largest absolute Gasteiger partial charge is 0.268 e. The summed E-state index contributed by atoms with van der Waals surface area (Å²) >= 11 is 1.67. The van der Waals surface area contributed by atoms with Gasteiger partial charge in [0.15, 0.2) is 0 Å². The maximum Gasteiger partial charge on any atom is 0.268 e. The predicted molar refractivity (Wildman–Crippen MR) is 123 cm³/mol. The van der Waals surface area contributed by atoms with Crippen molar-refractivity contribution in [3.8, 4) is 5.69 Å². The fourth-order valence-corrected chi connectivity index (χ4v) is 5.31. The van der Waals surface area contributed by atoms with E-state index in [1.165, 1.54) is 10.4 Å². The van der Waals surface area contributed by atoms with Crippen LogP contribution in [0.4, 0.5) is 5.95 Å². The van der Waals surface area contributed by atoms with Crippen LogP contribution >= 0.6 is 11.3 Å². The van der Waals surface area contributed by atoms with Crippen LogP contribution in [0.1, 0.15) is 51.5 Å². The second-order valence-corrected chi connectivity index (χ2v) is 10.2. The highest BCUT2D eigenvalue weighted by molar-refractivity contribution is 7.18. The summed E-state index contributed by atoms with van der Waals surface area (Å²) in [6.45, 7) is 10.7. The number of para-hydroxylation sites is 1. The number of nitrogens with zero attached hydrogens (tertiary/aromatic N) is 3. The van der Waals surface area contributed by atoms with Crippen LogP contribution < -0.4 is 11.0 Å². The summed E-state index contributed by atoms with van der Waals surface area (Å²) < 4.78 is 1.65. The van der Waals surface area contributed by atoms with E-state index in [-0.39, 0.29) is 11.0 Å². The summed E-state index contributed by atoms with van der Waals surface area (Å²) in [5.74, 6) is 1.09. The molecule has 1 aliphatic carbocycles. The van der Waals surface area contributed by atoms with E-state index in [2.05, 4.69) is 31.3 Å². The molecule has 6 heteroatoms. The first kappa shape index (κ1) is 19.8. The molecule has 3 aromatic rings. The first-order valence-corrected chi connectivity index (χ1v) is 11.0. The molecule has 2 aromatic heterocycles. The van der Waals surface area contributed by atoms with Crippen LogP contribution in [0.5, 0.6) is 0 Å². The predicted octanol–water partition coefficient (Wildman–Crippen LogP) is 5.41. The quantitative estimate of drug-likeness (QED) is 0.466. The molecule has 0 bridgehead atoms. The van der Waals surface area contributed by atoms with Crippen molar-refractivity contribution < 1.29 is 0 Å². The molecule has 0 amide bonds. The van der Waals surface area contributed by atoms with E-state index in [4.69, 9.17) is 4.98 Å². The molecule has 1 atom stereocenters. The number of anilines is 1. The Bertz CT molecular complexity index is 1130. The number of aromatic nitrogens is 2. The van der Waals surface area contributed by atoms with Gasteiger partial charge in [-0.05, 0) is 62.1 Å². The third-order valence-corrected chi connectivity index (χ3v) is 6.85. The molecule has 5 nitrogen and oxygen atoms in total. The maximum absolute atomic E-state index is 13.6. The third kappa shape index (κ3) is 3.73. The van der Waals surface area contributed by atoms with Gasteiger partial charge in [0.1, 0.15) is 4.83 Å². The summed E-state index contributed by atoms with van der Waals surface area (Å²) in [4.78, 5) is 20.6. The van der Waals surface area contributed by atoms with Crippen LogP contribution in [0.2, 0.25) is 0 Å². The molecular weight excluding hydrogens is 380 g/mol. The number of nitrogens with one attached hydrogen (secondary N) is 1. The average Bonchev–Trinajstić information content (AvgIpc) is 3.04. The first-order chi connectivity index (χ1) is 13.8. The highest BCUT2D eigenvalue weighted by atomic mass is 32.1. The number of fused-ring (bicyclic) bond motifs is 3. The minimum Gasteiger partial charge on any atom is -0.268 e. The number of hydrogen-bond donors (Lipinski definition) is 1. The molecule has 0 saturated heterocycles. The van der Waals surface area contributed by atoms with E-state index in [1.807, 2.05) is 44.2 Å². The van der Waals surface area contributed by atoms with Crippen molar-refractivity contribution in [3.05, 3.63) is 51.1 Å². The van der Waals surface area contributed by atoms with E-state index in [9.17, 15) is 4.79 Å². The number of hydrogen-bond acceptors (Lipinski definition) is 5. The standard InChI is InChI=1S/C23H28N4OS/c1-14(2)25-26-22-24-20-19(21(28)27(22)16-9-7-6-8-10-16)17-12-11-15(23(3,4)5)13-18(17)29-20/h6-10,15H,11-13H2,1-5H3,(H,24,26)/t15-/m1/s1. The average molecular weight is 409 g/mol. The Hall–Kier alpha value is -2.47. The fraction of sp³-hybridized carbons (Fsp3) is 0.435. The molecule has 29 heavy (non-hydrogen) atoms. The highest BCUT2D eigenvalue weighted by Crippen LogP contribution is 2.42. The van der Waals surface area contributed by atoms with Crippen molar-refractivity contribution in [2.75, 3.05) is 5.43 Å². The summed E-state index contributed by atoms with van der Waals surface area (Å²) in [6.07, 6.45) is 3.09. The highest BCUT2D eigenvalue weighted by Gasteiger charge is 2.32. The normalized spacial score (nSPS) is 16.5. The first-order valence-electron chi connectivity index (χ1n) is 10.2. The molecule has 2 heterocycles. The van der Waals surface area contributed by atoms with Crippen LogP contribution in [0.3, 0.4) is 0 Å². The molecule has 0 unspecified atom stereocenters.